The molecular formula is C24H27N5O2. The zero-order valence-corrected chi connectivity index (χ0v) is 18.1. The Hall–Kier alpha value is -3.45. The first-order valence-electron chi connectivity index (χ1n) is 10.4. The van der Waals surface area contributed by atoms with Gasteiger partial charge in [-0.2, -0.15) is 0 Å². The van der Waals surface area contributed by atoms with Gasteiger partial charge in [0.1, 0.15) is 5.82 Å². The highest BCUT2D eigenvalue weighted by atomic mass is 16.5. The van der Waals surface area contributed by atoms with Gasteiger partial charge in [0, 0.05) is 54.4 Å². The number of rotatable bonds is 8. The highest BCUT2D eigenvalue weighted by molar-refractivity contribution is 6.13. The second-order valence-corrected chi connectivity index (χ2v) is 7.65. The second-order valence-electron chi connectivity index (χ2n) is 7.65. The Morgan fingerprint density at radius 3 is 2.84 bits per heavy atom. The molecule has 0 atom stereocenters. The average molecular weight is 418 g/mol. The number of hydrogen-bond donors (Lipinski definition) is 2. The lowest BCUT2D eigenvalue weighted by atomic mass is 10.1. The number of hydrogen-bond acceptors (Lipinski definition) is 6. The molecule has 160 valence electrons. The second kappa shape index (κ2) is 9.14. The molecule has 7 nitrogen and oxygen atoms in total. The summed E-state index contributed by atoms with van der Waals surface area (Å²) in [5.74, 6) is 0.588. The molecule has 0 bridgehead atoms. The number of carbonyl (C=O) groups is 1. The van der Waals surface area contributed by atoms with Crippen molar-refractivity contribution in [2.45, 2.75) is 12.8 Å². The number of fused-ring (bicyclic) bond motifs is 3. The molecule has 0 aliphatic carbocycles. The third kappa shape index (κ3) is 4.36. The Balaban J connectivity index is 1.83. The molecule has 0 fully saturated rings. The first-order valence-corrected chi connectivity index (χ1v) is 10.4. The van der Waals surface area contributed by atoms with E-state index in [1.165, 1.54) is 7.11 Å². The van der Waals surface area contributed by atoms with Crippen LogP contribution in [0.3, 0.4) is 0 Å². The highest BCUT2D eigenvalue weighted by Gasteiger charge is 2.17. The standard InChI is InChI=1S/C24H27N5O2/c1-25-9-5-11-29(2)23-22-19-8-7-17(24(30)31-3)13-20(19)28-21(22)14-18(27-23)12-16-6-4-10-26-15-16/h4,6-8,10,13-15,25,28H,5,9,11-12H2,1-3H3. The summed E-state index contributed by atoms with van der Waals surface area (Å²) in [4.78, 5) is 26.9. The summed E-state index contributed by atoms with van der Waals surface area (Å²) in [5, 5.41) is 5.30. The quantitative estimate of drug-likeness (QED) is 0.337. The number of anilines is 1. The highest BCUT2D eigenvalue weighted by Crippen LogP contribution is 2.34. The number of nitrogens with one attached hydrogen (secondary N) is 2. The van der Waals surface area contributed by atoms with E-state index in [9.17, 15) is 4.79 Å². The van der Waals surface area contributed by atoms with Gasteiger partial charge < -0.3 is 19.9 Å². The molecule has 0 spiro atoms. The van der Waals surface area contributed by atoms with Crippen LogP contribution >= 0.6 is 0 Å². The van der Waals surface area contributed by atoms with Crippen molar-refractivity contribution in [2.24, 2.45) is 0 Å². The van der Waals surface area contributed by atoms with Crippen molar-refractivity contribution in [3.63, 3.8) is 0 Å². The SMILES string of the molecule is CNCCCN(C)c1nc(Cc2cccnc2)cc2[nH]c3cc(C(=O)OC)ccc3c12. The van der Waals surface area contributed by atoms with Crippen LogP contribution in [-0.4, -0.2) is 55.2 Å². The molecule has 0 saturated carbocycles. The summed E-state index contributed by atoms with van der Waals surface area (Å²) in [7, 11) is 5.43. The molecule has 0 aliphatic rings. The zero-order valence-electron chi connectivity index (χ0n) is 18.1. The monoisotopic (exact) mass is 417 g/mol. The van der Waals surface area contributed by atoms with Crippen LogP contribution in [0.15, 0.2) is 48.8 Å². The average Bonchev–Trinajstić information content (AvgIpc) is 3.16. The largest absolute Gasteiger partial charge is 0.465 e. The van der Waals surface area contributed by atoms with Crippen LogP contribution in [0.4, 0.5) is 5.82 Å². The number of methoxy groups -OCH3 is 1. The van der Waals surface area contributed by atoms with E-state index in [0.717, 1.165) is 58.4 Å². The Kier molecular flexibility index (Phi) is 6.13. The predicted octanol–water partition coefficient (Wildman–Crippen LogP) is 3.53. The summed E-state index contributed by atoms with van der Waals surface area (Å²) < 4.78 is 4.88. The van der Waals surface area contributed by atoms with Gasteiger partial charge in [-0.05, 0) is 49.8 Å². The Morgan fingerprint density at radius 1 is 1.23 bits per heavy atom. The fraction of sp³-hybridized carbons (Fsp3) is 0.292. The van der Waals surface area contributed by atoms with Gasteiger partial charge in [-0.1, -0.05) is 12.1 Å². The normalized spacial score (nSPS) is 11.2. The third-order valence-electron chi connectivity index (χ3n) is 5.42. The maximum atomic E-state index is 12.0. The Labute approximate surface area is 181 Å². The number of aromatic nitrogens is 3. The molecule has 7 heteroatoms. The van der Waals surface area contributed by atoms with Crippen LogP contribution < -0.4 is 10.2 Å². The smallest absolute Gasteiger partial charge is 0.337 e. The molecule has 3 heterocycles. The summed E-state index contributed by atoms with van der Waals surface area (Å²) >= 11 is 0. The number of aromatic amines is 1. The first kappa shape index (κ1) is 20.8. The van der Waals surface area contributed by atoms with Gasteiger partial charge in [-0.25, -0.2) is 9.78 Å². The Bertz CT molecular complexity index is 1200. The van der Waals surface area contributed by atoms with Gasteiger partial charge in [0.2, 0.25) is 0 Å². The first-order chi connectivity index (χ1) is 15.1. The fourth-order valence-electron chi connectivity index (χ4n) is 3.88. The molecule has 1 aromatic carbocycles. The number of H-pyrrole nitrogens is 1. The molecule has 0 unspecified atom stereocenters. The lowest BCUT2D eigenvalue weighted by Crippen LogP contribution is -2.23. The lowest BCUT2D eigenvalue weighted by Gasteiger charge is -2.20. The minimum atomic E-state index is -0.347. The molecule has 3 aromatic heterocycles. The molecule has 31 heavy (non-hydrogen) atoms. The van der Waals surface area contributed by atoms with Gasteiger partial charge in [0.25, 0.3) is 0 Å². The molecule has 2 N–H and O–H groups in total. The van der Waals surface area contributed by atoms with E-state index >= 15 is 0 Å². The third-order valence-corrected chi connectivity index (χ3v) is 5.42. The van der Waals surface area contributed by atoms with E-state index in [1.807, 2.05) is 31.4 Å². The van der Waals surface area contributed by atoms with Crippen molar-refractivity contribution in [1.82, 2.24) is 20.3 Å². The lowest BCUT2D eigenvalue weighted by molar-refractivity contribution is 0.0601. The molecule has 4 rings (SSSR count). The topological polar surface area (TPSA) is 83.1 Å². The van der Waals surface area contributed by atoms with Crippen LogP contribution in [0.5, 0.6) is 0 Å². The number of ether oxygens (including phenoxy) is 1. The Morgan fingerprint density at radius 2 is 2.10 bits per heavy atom. The van der Waals surface area contributed by atoms with Crippen molar-refractivity contribution < 1.29 is 9.53 Å². The van der Waals surface area contributed by atoms with Crippen molar-refractivity contribution >= 4 is 33.6 Å². The number of benzene rings is 1. The molecule has 0 saturated heterocycles. The van der Waals surface area contributed by atoms with E-state index in [0.29, 0.717) is 12.0 Å². The number of carbonyl (C=O) groups excluding carboxylic acids is 1. The van der Waals surface area contributed by atoms with Crippen LogP contribution in [0.25, 0.3) is 21.8 Å². The number of esters is 1. The van der Waals surface area contributed by atoms with E-state index < -0.39 is 0 Å². The minimum Gasteiger partial charge on any atom is -0.465 e. The molecule has 0 radical (unpaired) electrons. The van der Waals surface area contributed by atoms with Gasteiger partial charge >= 0.3 is 5.97 Å². The predicted molar refractivity (Wildman–Crippen MR) is 124 cm³/mol. The van der Waals surface area contributed by atoms with E-state index in [2.05, 4.69) is 39.4 Å². The summed E-state index contributed by atoms with van der Waals surface area (Å²) in [6.45, 7) is 1.82. The van der Waals surface area contributed by atoms with Gasteiger partial charge in [0.15, 0.2) is 0 Å². The molecular weight excluding hydrogens is 390 g/mol. The van der Waals surface area contributed by atoms with E-state index in [-0.39, 0.29) is 5.97 Å². The molecule has 0 aliphatic heterocycles. The maximum Gasteiger partial charge on any atom is 0.337 e. The maximum absolute atomic E-state index is 12.0. The van der Waals surface area contributed by atoms with Crippen molar-refractivity contribution in [1.29, 1.82) is 0 Å². The summed E-state index contributed by atoms with van der Waals surface area (Å²) in [5.41, 5.74) is 4.50. The van der Waals surface area contributed by atoms with Crippen LogP contribution in [0, 0.1) is 0 Å². The minimum absolute atomic E-state index is 0.347. The fourth-order valence-corrected chi connectivity index (χ4v) is 3.88. The van der Waals surface area contributed by atoms with Gasteiger partial charge in [0.05, 0.1) is 18.2 Å². The summed E-state index contributed by atoms with van der Waals surface area (Å²) in [6, 6.07) is 11.7. The number of nitrogens with zero attached hydrogens (tertiary/aromatic N) is 3. The molecule has 0 amide bonds. The summed E-state index contributed by atoms with van der Waals surface area (Å²) in [6.07, 6.45) is 5.36. The zero-order chi connectivity index (χ0) is 21.8. The van der Waals surface area contributed by atoms with Crippen LogP contribution in [0.2, 0.25) is 0 Å². The van der Waals surface area contributed by atoms with E-state index in [4.69, 9.17) is 9.72 Å². The van der Waals surface area contributed by atoms with Gasteiger partial charge in [-0.15, -0.1) is 0 Å². The van der Waals surface area contributed by atoms with Crippen LogP contribution in [0.1, 0.15) is 28.0 Å². The van der Waals surface area contributed by atoms with Crippen molar-refractivity contribution in [3.8, 4) is 0 Å². The van der Waals surface area contributed by atoms with Gasteiger partial charge in [-0.3, -0.25) is 4.98 Å². The number of pyridine rings is 2. The van der Waals surface area contributed by atoms with E-state index in [1.54, 1.807) is 12.3 Å². The van der Waals surface area contributed by atoms with Crippen molar-refractivity contribution in [2.75, 3.05) is 39.2 Å². The van der Waals surface area contributed by atoms with Crippen LogP contribution in [-0.2, 0) is 11.2 Å². The molecule has 4 aromatic rings. The van der Waals surface area contributed by atoms with Crippen molar-refractivity contribution in [3.05, 3.63) is 65.6 Å².